The summed E-state index contributed by atoms with van der Waals surface area (Å²) in [6.45, 7) is 3.47. The van der Waals surface area contributed by atoms with Crippen LogP contribution in [-0.4, -0.2) is 37.1 Å². The van der Waals surface area contributed by atoms with Gasteiger partial charge in [0.25, 0.3) is 11.6 Å². The second-order valence-electron chi connectivity index (χ2n) is 6.81. The van der Waals surface area contributed by atoms with E-state index in [0.29, 0.717) is 11.4 Å². The van der Waals surface area contributed by atoms with E-state index in [1.807, 2.05) is 25.1 Å². The predicted molar refractivity (Wildman–Crippen MR) is 107 cm³/mol. The van der Waals surface area contributed by atoms with Gasteiger partial charge in [0.05, 0.1) is 30.8 Å². The van der Waals surface area contributed by atoms with Crippen LogP contribution in [0.3, 0.4) is 0 Å². The monoisotopic (exact) mass is 382 g/mol. The van der Waals surface area contributed by atoms with E-state index in [2.05, 4.69) is 23.5 Å². The Balaban J connectivity index is 1.68. The maximum absolute atomic E-state index is 12.7. The molecule has 2 aromatic carbocycles. The zero-order valence-electron chi connectivity index (χ0n) is 16.0. The minimum atomic E-state index is -0.496. The Morgan fingerprint density at radius 2 is 2.00 bits per heavy atom. The number of amides is 1. The normalized spacial score (nSPS) is 17.4. The van der Waals surface area contributed by atoms with Crippen molar-refractivity contribution in [1.82, 2.24) is 0 Å². The van der Waals surface area contributed by atoms with Crippen LogP contribution in [0.4, 0.5) is 11.4 Å². The van der Waals surface area contributed by atoms with E-state index in [-0.39, 0.29) is 17.6 Å². The van der Waals surface area contributed by atoms with E-state index >= 15 is 0 Å². The van der Waals surface area contributed by atoms with Crippen molar-refractivity contribution >= 4 is 22.9 Å². The largest absolute Gasteiger partial charge is 0.495 e. The number of nitrogens with one attached hydrogen (secondary N) is 2. The van der Waals surface area contributed by atoms with E-state index in [1.165, 1.54) is 36.4 Å². The second-order valence-corrected chi connectivity index (χ2v) is 6.81. The van der Waals surface area contributed by atoms with E-state index in [9.17, 15) is 14.9 Å². The molecule has 0 aromatic heterocycles. The molecule has 0 radical (unpaired) electrons. The Morgan fingerprint density at radius 1 is 1.25 bits per heavy atom. The predicted octanol–water partition coefficient (Wildman–Crippen LogP) is 2.30. The van der Waals surface area contributed by atoms with Crippen molar-refractivity contribution in [3.63, 3.8) is 0 Å². The molecule has 0 saturated heterocycles. The number of hydrogen-bond donors (Lipinski definition) is 2. The molecular weight excluding hydrogens is 358 g/mol. The number of nitro groups is 1. The van der Waals surface area contributed by atoms with Crippen molar-refractivity contribution in [3.05, 3.63) is 70.3 Å². The highest BCUT2D eigenvalue weighted by Crippen LogP contribution is 2.28. The SMILES string of the molecule is COc1ccc([N+](=O)[O-])cc1NC(=O)[C@@H](C)[NH+]1CC=C(c2ccccc2)CC1. The van der Waals surface area contributed by atoms with E-state index in [4.69, 9.17) is 4.74 Å². The number of nitro benzene ring substituents is 1. The second kappa shape index (κ2) is 8.67. The molecule has 2 aromatic rings. The number of methoxy groups -OCH3 is 1. The highest BCUT2D eigenvalue weighted by Gasteiger charge is 2.28. The molecule has 7 nitrogen and oxygen atoms in total. The lowest BCUT2D eigenvalue weighted by molar-refractivity contribution is -0.909. The summed E-state index contributed by atoms with van der Waals surface area (Å²) in [6.07, 6.45) is 3.09. The van der Waals surface area contributed by atoms with Crippen molar-refractivity contribution in [2.24, 2.45) is 0 Å². The number of benzene rings is 2. The molecule has 1 unspecified atom stereocenters. The average Bonchev–Trinajstić information content (AvgIpc) is 2.73. The summed E-state index contributed by atoms with van der Waals surface area (Å²) in [5.41, 5.74) is 2.74. The number of rotatable bonds is 6. The van der Waals surface area contributed by atoms with Gasteiger partial charge in [0.1, 0.15) is 5.75 Å². The van der Waals surface area contributed by atoms with Gasteiger partial charge in [0.15, 0.2) is 6.04 Å². The molecule has 7 heteroatoms. The maximum Gasteiger partial charge on any atom is 0.282 e. The van der Waals surface area contributed by atoms with Crippen LogP contribution in [0.1, 0.15) is 18.9 Å². The summed E-state index contributed by atoms with van der Waals surface area (Å²) < 4.78 is 5.22. The minimum absolute atomic E-state index is 0.0930. The lowest BCUT2D eigenvalue weighted by Crippen LogP contribution is -3.17. The minimum Gasteiger partial charge on any atom is -0.495 e. The summed E-state index contributed by atoms with van der Waals surface area (Å²) in [7, 11) is 1.46. The van der Waals surface area contributed by atoms with Gasteiger partial charge in [-0.15, -0.1) is 0 Å². The van der Waals surface area contributed by atoms with Gasteiger partial charge in [-0.1, -0.05) is 30.3 Å². The van der Waals surface area contributed by atoms with Gasteiger partial charge in [-0.2, -0.15) is 0 Å². The fourth-order valence-electron chi connectivity index (χ4n) is 3.39. The van der Waals surface area contributed by atoms with Crippen LogP contribution in [-0.2, 0) is 4.79 Å². The number of anilines is 1. The Labute approximate surface area is 163 Å². The van der Waals surface area contributed by atoms with Gasteiger partial charge in [-0.3, -0.25) is 14.9 Å². The first-order valence-corrected chi connectivity index (χ1v) is 9.22. The highest BCUT2D eigenvalue weighted by molar-refractivity contribution is 5.95. The number of ether oxygens (including phenoxy) is 1. The van der Waals surface area contributed by atoms with Crippen LogP contribution in [0.15, 0.2) is 54.6 Å². The van der Waals surface area contributed by atoms with Gasteiger partial charge in [-0.05, 0) is 30.2 Å². The number of quaternary nitrogens is 1. The summed E-state index contributed by atoms with van der Waals surface area (Å²) in [6, 6.07) is 14.1. The van der Waals surface area contributed by atoms with Crippen LogP contribution < -0.4 is 15.0 Å². The summed E-state index contributed by atoms with van der Waals surface area (Å²) in [5, 5.41) is 13.8. The highest BCUT2D eigenvalue weighted by atomic mass is 16.6. The molecule has 146 valence electrons. The van der Waals surface area contributed by atoms with Crippen molar-refractivity contribution < 1.29 is 19.4 Å². The van der Waals surface area contributed by atoms with E-state index < -0.39 is 4.92 Å². The molecule has 0 saturated carbocycles. The third-order valence-corrected chi connectivity index (χ3v) is 5.13. The number of nitrogens with zero attached hydrogens (tertiary/aromatic N) is 1. The first kappa shape index (κ1) is 19.6. The Morgan fingerprint density at radius 3 is 2.61 bits per heavy atom. The third kappa shape index (κ3) is 4.37. The first-order chi connectivity index (χ1) is 13.5. The Kier molecular flexibility index (Phi) is 6.06. The summed E-state index contributed by atoms with van der Waals surface area (Å²) >= 11 is 0. The lowest BCUT2D eigenvalue weighted by atomic mass is 9.99. The van der Waals surface area contributed by atoms with Crippen LogP contribution >= 0.6 is 0 Å². The van der Waals surface area contributed by atoms with Crippen molar-refractivity contribution in [2.75, 3.05) is 25.5 Å². The fraction of sp³-hybridized carbons (Fsp3) is 0.286. The molecule has 1 aliphatic heterocycles. The molecule has 2 N–H and O–H groups in total. The van der Waals surface area contributed by atoms with Crippen LogP contribution in [0.2, 0.25) is 0 Å². The third-order valence-electron chi connectivity index (χ3n) is 5.13. The summed E-state index contributed by atoms with van der Waals surface area (Å²) in [5.74, 6) is 0.205. The van der Waals surface area contributed by atoms with Gasteiger partial charge in [0.2, 0.25) is 0 Å². The Bertz CT molecular complexity index is 896. The lowest BCUT2D eigenvalue weighted by Gasteiger charge is -2.28. The zero-order valence-corrected chi connectivity index (χ0v) is 16.0. The fourth-order valence-corrected chi connectivity index (χ4v) is 3.39. The molecule has 0 spiro atoms. The molecule has 3 rings (SSSR count). The molecule has 1 heterocycles. The Hall–Kier alpha value is -3.19. The van der Waals surface area contributed by atoms with Gasteiger partial charge in [-0.25, -0.2) is 0 Å². The number of carbonyl (C=O) groups excluding carboxylic acids is 1. The maximum atomic E-state index is 12.7. The van der Waals surface area contributed by atoms with E-state index in [0.717, 1.165) is 24.4 Å². The smallest absolute Gasteiger partial charge is 0.282 e. The molecule has 2 atom stereocenters. The van der Waals surface area contributed by atoms with E-state index in [1.54, 1.807) is 0 Å². The van der Waals surface area contributed by atoms with Gasteiger partial charge >= 0.3 is 0 Å². The number of non-ortho nitro benzene ring substituents is 1. The first-order valence-electron chi connectivity index (χ1n) is 9.22. The molecule has 1 amide bonds. The van der Waals surface area contributed by atoms with Gasteiger partial charge in [0, 0.05) is 18.6 Å². The van der Waals surface area contributed by atoms with Crippen molar-refractivity contribution in [1.29, 1.82) is 0 Å². The number of hydrogen-bond acceptors (Lipinski definition) is 4. The van der Waals surface area contributed by atoms with Gasteiger partial charge < -0.3 is 15.0 Å². The molecule has 28 heavy (non-hydrogen) atoms. The summed E-state index contributed by atoms with van der Waals surface area (Å²) in [4.78, 5) is 24.4. The van der Waals surface area contributed by atoms with Crippen molar-refractivity contribution in [3.8, 4) is 5.75 Å². The van der Waals surface area contributed by atoms with Crippen molar-refractivity contribution in [2.45, 2.75) is 19.4 Å². The van der Waals surface area contributed by atoms with Crippen LogP contribution in [0.5, 0.6) is 5.75 Å². The molecule has 0 bridgehead atoms. The molecular formula is C21H24N3O4+. The zero-order chi connectivity index (χ0) is 20.1. The molecule has 1 aliphatic rings. The number of carbonyl (C=O) groups is 1. The average molecular weight is 382 g/mol. The van der Waals surface area contributed by atoms with Crippen LogP contribution in [0.25, 0.3) is 5.57 Å². The molecule has 0 aliphatic carbocycles. The standard InChI is InChI=1S/C21H23N3O4/c1-15(23-12-10-17(11-13-23)16-6-4-3-5-7-16)21(25)22-19-14-18(24(26)27)8-9-20(19)28-2/h3-10,14-15H,11-13H2,1-2H3,(H,22,25)/p+1/t15-/m1/s1. The molecule has 0 fully saturated rings. The topological polar surface area (TPSA) is 85.9 Å². The van der Waals surface area contributed by atoms with Crippen LogP contribution in [0, 0.1) is 10.1 Å². The quantitative estimate of drug-likeness (QED) is 0.593.